The molecular formula is C13H15N2O. The van der Waals surface area contributed by atoms with Crippen molar-refractivity contribution in [1.82, 2.24) is 9.97 Å². The van der Waals surface area contributed by atoms with E-state index in [9.17, 15) is 0 Å². The van der Waals surface area contributed by atoms with Gasteiger partial charge in [0.05, 0.1) is 12.3 Å². The van der Waals surface area contributed by atoms with Crippen molar-refractivity contribution in [2.75, 3.05) is 6.61 Å². The Kier molecular flexibility index (Phi) is 3.59. The van der Waals surface area contributed by atoms with Gasteiger partial charge in [-0.25, -0.2) is 4.98 Å². The zero-order chi connectivity index (χ0) is 11.2. The second-order valence-electron chi connectivity index (χ2n) is 3.62. The lowest BCUT2D eigenvalue weighted by molar-refractivity contribution is 0.309. The van der Waals surface area contributed by atoms with Crippen LogP contribution in [0.15, 0.2) is 30.5 Å². The summed E-state index contributed by atoms with van der Waals surface area (Å²) in [7, 11) is 0. The van der Waals surface area contributed by atoms with Crippen LogP contribution in [0.3, 0.4) is 0 Å². The molecule has 2 aromatic rings. The van der Waals surface area contributed by atoms with Crippen molar-refractivity contribution in [3.05, 3.63) is 36.8 Å². The molecule has 1 radical (unpaired) electrons. The fourth-order valence-corrected chi connectivity index (χ4v) is 1.43. The molecule has 3 nitrogen and oxygen atoms in total. The van der Waals surface area contributed by atoms with Crippen molar-refractivity contribution in [3.63, 3.8) is 0 Å². The lowest BCUT2D eigenvalue weighted by Crippen LogP contribution is -1.95. The quantitative estimate of drug-likeness (QED) is 0.778. The normalized spacial score (nSPS) is 10.3. The van der Waals surface area contributed by atoms with Crippen LogP contribution in [-0.4, -0.2) is 16.6 Å². The number of nitrogens with one attached hydrogen (secondary N) is 1. The highest BCUT2D eigenvalue weighted by Gasteiger charge is 1.99. The number of nitrogens with zero attached hydrogens (tertiary/aromatic N) is 1. The Balaban J connectivity index is 2.00. The molecule has 1 N–H and O–H groups in total. The molecule has 1 heterocycles. The molecule has 3 heteroatoms. The van der Waals surface area contributed by atoms with Crippen molar-refractivity contribution in [1.29, 1.82) is 0 Å². The Labute approximate surface area is 95.5 Å². The molecule has 0 saturated heterocycles. The third-order valence-electron chi connectivity index (χ3n) is 2.37. The molecule has 0 spiro atoms. The van der Waals surface area contributed by atoms with Crippen LogP contribution in [0.2, 0.25) is 0 Å². The van der Waals surface area contributed by atoms with Crippen LogP contribution in [-0.2, 0) is 0 Å². The maximum atomic E-state index is 5.58. The van der Waals surface area contributed by atoms with Gasteiger partial charge in [-0.05, 0) is 30.7 Å². The highest BCUT2D eigenvalue weighted by molar-refractivity contribution is 5.58. The van der Waals surface area contributed by atoms with Crippen LogP contribution >= 0.6 is 0 Å². The first kappa shape index (κ1) is 10.7. The molecule has 0 unspecified atom stereocenters. The van der Waals surface area contributed by atoms with E-state index in [1.54, 1.807) is 0 Å². The second kappa shape index (κ2) is 5.35. The Morgan fingerprint density at radius 2 is 2.12 bits per heavy atom. The highest BCUT2D eigenvalue weighted by atomic mass is 16.5. The lowest BCUT2D eigenvalue weighted by Gasteiger charge is -2.05. The summed E-state index contributed by atoms with van der Waals surface area (Å²) in [5.74, 6) is 0.914. The van der Waals surface area contributed by atoms with Gasteiger partial charge in [-0.3, -0.25) is 0 Å². The second-order valence-corrected chi connectivity index (χ2v) is 3.62. The number of aromatic amines is 1. The molecule has 0 aliphatic rings. The molecule has 83 valence electrons. The zero-order valence-electron chi connectivity index (χ0n) is 9.36. The molecule has 1 aromatic carbocycles. The summed E-state index contributed by atoms with van der Waals surface area (Å²) >= 11 is 0. The molecular weight excluding hydrogens is 200 g/mol. The molecule has 1 aromatic heterocycles. The van der Waals surface area contributed by atoms with Crippen LogP contribution in [0.5, 0.6) is 5.75 Å². The van der Waals surface area contributed by atoms with Crippen molar-refractivity contribution in [2.45, 2.75) is 19.8 Å². The number of unbranched alkanes of at least 4 members (excludes halogenated alkanes) is 1. The van der Waals surface area contributed by atoms with Gasteiger partial charge in [0.25, 0.3) is 0 Å². The Morgan fingerprint density at radius 3 is 2.75 bits per heavy atom. The molecule has 16 heavy (non-hydrogen) atoms. The third kappa shape index (κ3) is 2.63. The largest absolute Gasteiger partial charge is 0.494 e. The predicted octanol–water partition coefficient (Wildman–Crippen LogP) is 3.06. The van der Waals surface area contributed by atoms with Crippen LogP contribution < -0.4 is 4.74 Å². The van der Waals surface area contributed by atoms with Gasteiger partial charge < -0.3 is 9.72 Å². The van der Waals surface area contributed by atoms with Gasteiger partial charge in [-0.1, -0.05) is 13.3 Å². The van der Waals surface area contributed by atoms with Gasteiger partial charge in [0.15, 0.2) is 6.33 Å². The molecule has 0 aliphatic heterocycles. The Morgan fingerprint density at radius 1 is 1.31 bits per heavy atom. The SMILES string of the molecule is CCCCOc1ccc(-c2c[nH][c]n2)cc1. The number of benzene rings is 1. The van der Waals surface area contributed by atoms with Gasteiger partial charge in [0, 0.05) is 11.8 Å². The standard InChI is InChI=1S/C13H15N2O/c1-2-3-8-16-12-6-4-11(5-7-12)13-9-14-10-15-13/h4-7,9H,2-3,8H2,1H3,(H,14,15). The van der Waals surface area contributed by atoms with Crippen molar-refractivity contribution in [2.24, 2.45) is 0 Å². The van der Waals surface area contributed by atoms with E-state index in [0.29, 0.717) is 0 Å². The summed E-state index contributed by atoms with van der Waals surface area (Å²) in [4.78, 5) is 6.89. The van der Waals surface area contributed by atoms with Gasteiger partial charge in [-0.15, -0.1) is 0 Å². The van der Waals surface area contributed by atoms with E-state index in [4.69, 9.17) is 4.74 Å². The van der Waals surface area contributed by atoms with Crippen molar-refractivity contribution < 1.29 is 4.74 Å². The molecule has 0 fully saturated rings. The maximum Gasteiger partial charge on any atom is 0.174 e. The van der Waals surface area contributed by atoms with E-state index in [2.05, 4.69) is 23.2 Å². The summed E-state index contributed by atoms with van der Waals surface area (Å²) < 4.78 is 5.58. The van der Waals surface area contributed by atoms with E-state index in [1.165, 1.54) is 0 Å². The maximum absolute atomic E-state index is 5.58. The topological polar surface area (TPSA) is 37.9 Å². The number of H-pyrrole nitrogens is 1. The number of hydrogen-bond donors (Lipinski definition) is 1. The number of aromatic nitrogens is 2. The van der Waals surface area contributed by atoms with Gasteiger partial charge in [-0.2, -0.15) is 0 Å². The van der Waals surface area contributed by atoms with E-state index < -0.39 is 0 Å². The van der Waals surface area contributed by atoms with Crippen LogP contribution in [0.4, 0.5) is 0 Å². The van der Waals surface area contributed by atoms with Crippen LogP contribution in [0, 0.1) is 6.33 Å². The Bertz CT molecular complexity index is 406. The summed E-state index contributed by atoms with van der Waals surface area (Å²) in [6.07, 6.45) is 6.75. The van der Waals surface area contributed by atoms with Crippen molar-refractivity contribution in [3.8, 4) is 17.0 Å². The third-order valence-corrected chi connectivity index (χ3v) is 2.37. The minimum atomic E-state index is 0.784. The summed E-state index contributed by atoms with van der Waals surface area (Å²) in [5.41, 5.74) is 1.97. The fraction of sp³-hybridized carbons (Fsp3) is 0.308. The lowest BCUT2D eigenvalue weighted by atomic mass is 10.2. The van der Waals surface area contributed by atoms with E-state index in [0.717, 1.165) is 36.5 Å². The molecule has 2 rings (SSSR count). The zero-order valence-corrected chi connectivity index (χ0v) is 9.36. The number of ether oxygens (including phenoxy) is 1. The van der Waals surface area contributed by atoms with Crippen LogP contribution in [0.1, 0.15) is 19.8 Å². The molecule has 0 aliphatic carbocycles. The number of rotatable bonds is 5. The van der Waals surface area contributed by atoms with Gasteiger partial charge in [0.2, 0.25) is 0 Å². The molecule has 0 amide bonds. The first-order valence-corrected chi connectivity index (χ1v) is 5.55. The van der Waals surface area contributed by atoms with Gasteiger partial charge in [0.1, 0.15) is 5.75 Å². The fourth-order valence-electron chi connectivity index (χ4n) is 1.43. The van der Waals surface area contributed by atoms with Crippen LogP contribution in [0.25, 0.3) is 11.3 Å². The Hall–Kier alpha value is -1.77. The summed E-state index contributed by atoms with van der Waals surface area (Å²) in [5, 5.41) is 0. The molecule has 0 bridgehead atoms. The predicted molar refractivity (Wildman–Crippen MR) is 63.3 cm³/mol. The smallest absolute Gasteiger partial charge is 0.174 e. The number of hydrogen-bond acceptors (Lipinski definition) is 2. The van der Waals surface area contributed by atoms with E-state index in [-0.39, 0.29) is 0 Å². The first-order valence-electron chi connectivity index (χ1n) is 5.55. The monoisotopic (exact) mass is 215 g/mol. The summed E-state index contributed by atoms with van der Waals surface area (Å²) in [6.45, 7) is 2.94. The molecule has 0 saturated carbocycles. The molecule has 0 atom stereocenters. The average molecular weight is 215 g/mol. The minimum absolute atomic E-state index is 0.784. The van der Waals surface area contributed by atoms with Crippen molar-refractivity contribution >= 4 is 0 Å². The number of imidazole rings is 1. The summed E-state index contributed by atoms with van der Waals surface area (Å²) in [6, 6.07) is 7.95. The average Bonchev–Trinajstić information content (AvgIpc) is 2.84. The van der Waals surface area contributed by atoms with E-state index in [1.807, 2.05) is 30.5 Å². The minimum Gasteiger partial charge on any atom is -0.494 e. The first-order chi connectivity index (χ1) is 7.90. The van der Waals surface area contributed by atoms with E-state index >= 15 is 0 Å². The van der Waals surface area contributed by atoms with Gasteiger partial charge >= 0.3 is 0 Å². The highest BCUT2D eigenvalue weighted by Crippen LogP contribution is 2.19.